The summed E-state index contributed by atoms with van der Waals surface area (Å²) in [6.45, 7) is 5.86. The molecule has 0 aromatic heterocycles. The van der Waals surface area contributed by atoms with E-state index in [-0.39, 0.29) is 19.0 Å². The number of anilines is 1. The average molecular weight is 445 g/mol. The minimum Gasteiger partial charge on any atom is -0.490 e. The molecule has 0 spiro atoms. The van der Waals surface area contributed by atoms with Crippen LogP contribution in [0.25, 0.3) is 0 Å². The van der Waals surface area contributed by atoms with E-state index in [1.54, 1.807) is 12.1 Å². The molecule has 2 fully saturated rings. The Labute approximate surface area is 189 Å². The van der Waals surface area contributed by atoms with Crippen LogP contribution in [0.1, 0.15) is 18.4 Å². The predicted molar refractivity (Wildman–Crippen MR) is 122 cm³/mol. The third-order valence-corrected chi connectivity index (χ3v) is 6.43. The molecule has 2 aliphatic heterocycles. The normalized spacial score (nSPS) is 24.2. The summed E-state index contributed by atoms with van der Waals surface area (Å²) >= 11 is 0. The number of hydrogen-bond donors (Lipinski definition) is 2. The van der Waals surface area contributed by atoms with Gasteiger partial charge >= 0.3 is 0 Å². The Bertz CT molecular complexity index is 886. The van der Waals surface area contributed by atoms with Crippen molar-refractivity contribution in [2.75, 3.05) is 57.4 Å². The van der Waals surface area contributed by atoms with Crippen LogP contribution in [0.3, 0.4) is 0 Å². The lowest BCUT2D eigenvalue weighted by Crippen LogP contribution is -2.55. The number of hydrogen-bond acceptors (Lipinski definition) is 6. The van der Waals surface area contributed by atoms with E-state index in [4.69, 9.17) is 9.47 Å². The van der Waals surface area contributed by atoms with Gasteiger partial charge in [-0.1, -0.05) is 18.2 Å². The van der Waals surface area contributed by atoms with E-state index in [2.05, 4.69) is 34.9 Å². The molecule has 2 saturated heterocycles. The minimum atomic E-state index is -1.21. The molecular formula is C25H33FN2O4. The van der Waals surface area contributed by atoms with Crippen LogP contribution in [-0.4, -0.2) is 78.9 Å². The van der Waals surface area contributed by atoms with Crippen LogP contribution in [-0.2, 0) is 4.74 Å². The molecule has 4 rings (SSSR count). The highest BCUT2D eigenvalue weighted by Gasteiger charge is 2.39. The Morgan fingerprint density at radius 2 is 1.72 bits per heavy atom. The van der Waals surface area contributed by atoms with Crippen molar-refractivity contribution in [2.24, 2.45) is 0 Å². The number of rotatable bonds is 6. The van der Waals surface area contributed by atoms with Gasteiger partial charge in [-0.05, 0) is 55.7 Å². The second-order valence-corrected chi connectivity index (χ2v) is 9.23. The van der Waals surface area contributed by atoms with Gasteiger partial charge in [0.1, 0.15) is 23.8 Å². The van der Waals surface area contributed by atoms with Gasteiger partial charge in [-0.2, -0.15) is 0 Å². The Kier molecular flexibility index (Phi) is 7.00. The first-order valence-electron chi connectivity index (χ1n) is 11.3. The van der Waals surface area contributed by atoms with Crippen LogP contribution in [0, 0.1) is 12.7 Å². The molecule has 0 bridgehead atoms. The highest BCUT2D eigenvalue weighted by atomic mass is 19.1. The molecule has 1 atom stereocenters. The van der Waals surface area contributed by atoms with E-state index in [1.165, 1.54) is 23.4 Å². The molecule has 7 heteroatoms. The largest absolute Gasteiger partial charge is 0.490 e. The van der Waals surface area contributed by atoms with Crippen molar-refractivity contribution in [3.63, 3.8) is 0 Å². The Hall–Kier alpha value is -2.19. The molecule has 174 valence electrons. The van der Waals surface area contributed by atoms with Crippen LogP contribution in [0.4, 0.5) is 10.1 Å². The predicted octanol–water partition coefficient (Wildman–Crippen LogP) is 2.61. The highest BCUT2D eigenvalue weighted by molar-refractivity contribution is 5.53. The third kappa shape index (κ3) is 5.78. The second kappa shape index (κ2) is 9.75. The summed E-state index contributed by atoms with van der Waals surface area (Å²) in [5, 5.41) is 22.4. The topological polar surface area (TPSA) is 65.4 Å². The lowest BCUT2D eigenvalue weighted by Gasteiger charge is -2.42. The monoisotopic (exact) mass is 444 g/mol. The zero-order chi connectivity index (χ0) is 22.6. The molecule has 32 heavy (non-hydrogen) atoms. The van der Waals surface area contributed by atoms with Gasteiger partial charge < -0.3 is 24.6 Å². The molecule has 0 aliphatic carbocycles. The third-order valence-electron chi connectivity index (χ3n) is 6.43. The van der Waals surface area contributed by atoms with Gasteiger partial charge in [0, 0.05) is 38.4 Å². The number of aliphatic hydroxyl groups is 2. The van der Waals surface area contributed by atoms with Crippen LogP contribution in [0.2, 0.25) is 0 Å². The summed E-state index contributed by atoms with van der Waals surface area (Å²) in [5.74, 6) is 0.166. The summed E-state index contributed by atoms with van der Waals surface area (Å²) in [7, 11) is 0. The maximum absolute atomic E-state index is 13.1. The summed E-state index contributed by atoms with van der Waals surface area (Å²) in [6, 6.07) is 14.1. The molecule has 0 saturated carbocycles. The van der Waals surface area contributed by atoms with E-state index in [1.807, 2.05) is 6.07 Å². The Morgan fingerprint density at radius 3 is 2.44 bits per heavy atom. The second-order valence-electron chi connectivity index (χ2n) is 9.23. The molecule has 2 N–H and O–H groups in total. The van der Waals surface area contributed by atoms with Crippen molar-refractivity contribution in [3.8, 4) is 5.75 Å². The van der Waals surface area contributed by atoms with Gasteiger partial charge in [0.25, 0.3) is 0 Å². The zero-order valence-electron chi connectivity index (χ0n) is 18.7. The standard InChI is InChI=1S/C25H33FN2O4/c1-20-4-2-3-5-23(20)28-12-10-24(29,11-13-28)16-27-14-15-31-18-25(30,17-27)19-32-22-8-6-21(26)7-9-22/h2-9,29-30H,10-19H2,1H3/t25-/m1/s1. The van der Waals surface area contributed by atoms with Crippen molar-refractivity contribution < 1.29 is 24.1 Å². The number of ether oxygens (including phenoxy) is 2. The van der Waals surface area contributed by atoms with E-state index in [9.17, 15) is 14.6 Å². The molecule has 2 aromatic rings. The fourth-order valence-electron chi connectivity index (χ4n) is 4.62. The molecule has 2 heterocycles. The van der Waals surface area contributed by atoms with Gasteiger partial charge in [-0.15, -0.1) is 0 Å². The van der Waals surface area contributed by atoms with Gasteiger partial charge in [-0.25, -0.2) is 4.39 Å². The summed E-state index contributed by atoms with van der Waals surface area (Å²) in [6.07, 6.45) is 1.34. The maximum Gasteiger partial charge on any atom is 0.134 e. The smallest absolute Gasteiger partial charge is 0.134 e. The van der Waals surface area contributed by atoms with E-state index in [0.717, 1.165) is 13.1 Å². The van der Waals surface area contributed by atoms with Crippen LogP contribution < -0.4 is 9.64 Å². The van der Waals surface area contributed by atoms with Crippen molar-refractivity contribution in [1.29, 1.82) is 0 Å². The maximum atomic E-state index is 13.1. The Morgan fingerprint density at radius 1 is 1.00 bits per heavy atom. The van der Waals surface area contributed by atoms with Crippen molar-refractivity contribution in [2.45, 2.75) is 31.0 Å². The van der Waals surface area contributed by atoms with Crippen molar-refractivity contribution >= 4 is 5.69 Å². The van der Waals surface area contributed by atoms with Gasteiger partial charge in [-0.3, -0.25) is 4.90 Å². The van der Waals surface area contributed by atoms with E-state index >= 15 is 0 Å². The molecule has 2 aromatic carbocycles. The van der Waals surface area contributed by atoms with Crippen molar-refractivity contribution in [3.05, 3.63) is 59.9 Å². The summed E-state index contributed by atoms with van der Waals surface area (Å²) in [5.41, 5.74) is 0.463. The van der Waals surface area contributed by atoms with Gasteiger partial charge in [0.2, 0.25) is 0 Å². The number of para-hydroxylation sites is 1. The first-order valence-corrected chi connectivity index (χ1v) is 11.3. The Balaban J connectivity index is 1.33. The summed E-state index contributed by atoms with van der Waals surface area (Å²) in [4.78, 5) is 4.41. The highest BCUT2D eigenvalue weighted by Crippen LogP contribution is 2.29. The number of nitrogens with zero attached hydrogens (tertiary/aromatic N) is 2. The van der Waals surface area contributed by atoms with Crippen molar-refractivity contribution in [1.82, 2.24) is 4.90 Å². The lowest BCUT2D eigenvalue weighted by atomic mass is 9.89. The van der Waals surface area contributed by atoms with Gasteiger partial charge in [0.05, 0.1) is 18.8 Å². The SMILES string of the molecule is Cc1ccccc1N1CCC(O)(CN2CCOC[C@@](O)(COc3ccc(F)cc3)C2)CC1. The first-order chi connectivity index (χ1) is 15.3. The van der Waals surface area contributed by atoms with Crippen LogP contribution in [0.15, 0.2) is 48.5 Å². The molecule has 0 radical (unpaired) electrons. The number of aryl methyl sites for hydroxylation is 1. The lowest BCUT2D eigenvalue weighted by molar-refractivity contribution is -0.0742. The fourth-order valence-corrected chi connectivity index (χ4v) is 4.62. The number of β-amino-alcohol motifs (C(OH)–C–C–N with tert-alkyl or cyclic N) is 2. The number of piperidine rings is 1. The minimum absolute atomic E-state index is 0.0363. The number of halogens is 1. The van der Waals surface area contributed by atoms with E-state index < -0.39 is 11.2 Å². The zero-order valence-corrected chi connectivity index (χ0v) is 18.7. The molecular weight excluding hydrogens is 411 g/mol. The van der Waals surface area contributed by atoms with Gasteiger partial charge in [0.15, 0.2) is 0 Å². The molecule has 0 amide bonds. The number of benzene rings is 2. The van der Waals surface area contributed by atoms with Crippen LogP contribution >= 0.6 is 0 Å². The first kappa shape index (κ1) is 23.0. The molecule has 2 aliphatic rings. The molecule has 6 nitrogen and oxygen atoms in total. The quantitative estimate of drug-likeness (QED) is 0.714. The summed E-state index contributed by atoms with van der Waals surface area (Å²) < 4.78 is 24.4. The van der Waals surface area contributed by atoms with E-state index in [0.29, 0.717) is 44.8 Å². The average Bonchev–Trinajstić information content (AvgIpc) is 2.95. The molecule has 0 unspecified atom stereocenters. The fraction of sp³-hybridized carbons (Fsp3) is 0.520. The van der Waals surface area contributed by atoms with Crippen LogP contribution in [0.5, 0.6) is 5.75 Å².